The molecule has 0 unspecified atom stereocenters. The third kappa shape index (κ3) is 2.16. The fourth-order valence-electron chi connectivity index (χ4n) is 1.91. The van der Waals surface area contributed by atoms with Crippen molar-refractivity contribution in [2.75, 3.05) is 0 Å². The Morgan fingerprint density at radius 1 is 1.67 bits per heavy atom. The number of alkyl halides is 1. The van der Waals surface area contributed by atoms with Crippen molar-refractivity contribution in [1.82, 2.24) is 15.1 Å². The molecule has 0 spiro atoms. The van der Waals surface area contributed by atoms with Gasteiger partial charge in [0, 0.05) is 19.3 Å². The Morgan fingerprint density at radius 3 is 3.00 bits per heavy atom. The number of carbonyl (C=O) groups excluding carboxylic acids is 1. The molecule has 5 heteroatoms. The van der Waals surface area contributed by atoms with Crippen molar-refractivity contribution in [3.05, 3.63) is 18.0 Å². The van der Waals surface area contributed by atoms with Crippen molar-refractivity contribution in [2.45, 2.75) is 31.5 Å². The lowest BCUT2D eigenvalue weighted by Gasteiger charge is -2.11. The van der Waals surface area contributed by atoms with Crippen molar-refractivity contribution in [3.8, 4) is 0 Å². The number of amides is 1. The van der Waals surface area contributed by atoms with Gasteiger partial charge in [-0.1, -0.05) is 0 Å². The first-order chi connectivity index (χ1) is 7.16. The second kappa shape index (κ2) is 4.00. The van der Waals surface area contributed by atoms with Crippen LogP contribution in [0, 0.1) is 0 Å². The molecule has 1 aliphatic carbocycles. The molecule has 0 bridgehead atoms. The molecule has 1 N–H and O–H groups in total. The van der Waals surface area contributed by atoms with Gasteiger partial charge in [0.2, 0.25) is 0 Å². The van der Waals surface area contributed by atoms with Crippen molar-refractivity contribution in [2.24, 2.45) is 7.05 Å². The first-order valence-electron chi connectivity index (χ1n) is 5.10. The van der Waals surface area contributed by atoms with Gasteiger partial charge in [0.15, 0.2) is 0 Å². The van der Waals surface area contributed by atoms with E-state index in [0.29, 0.717) is 18.5 Å². The first-order valence-corrected chi connectivity index (χ1v) is 5.10. The normalized spacial score (nSPS) is 25.5. The molecule has 2 rings (SSSR count). The Hall–Kier alpha value is -1.39. The molecule has 4 nitrogen and oxygen atoms in total. The number of hydrogen-bond donors (Lipinski definition) is 1. The number of aromatic nitrogens is 2. The van der Waals surface area contributed by atoms with Gasteiger partial charge in [0.25, 0.3) is 5.91 Å². The van der Waals surface area contributed by atoms with Crippen molar-refractivity contribution in [1.29, 1.82) is 0 Å². The largest absolute Gasteiger partial charge is 0.348 e. The summed E-state index contributed by atoms with van der Waals surface area (Å²) < 4.78 is 14.4. The van der Waals surface area contributed by atoms with Crippen LogP contribution >= 0.6 is 0 Å². The topological polar surface area (TPSA) is 46.9 Å². The Labute approximate surface area is 87.5 Å². The summed E-state index contributed by atoms with van der Waals surface area (Å²) in [6, 6.07) is 1.62. The summed E-state index contributed by atoms with van der Waals surface area (Å²) in [5, 5.41) is 6.72. The molecule has 0 radical (unpaired) electrons. The summed E-state index contributed by atoms with van der Waals surface area (Å²) in [5.41, 5.74) is 0.511. The van der Waals surface area contributed by atoms with Crippen molar-refractivity contribution < 1.29 is 9.18 Å². The van der Waals surface area contributed by atoms with E-state index in [0.717, 1.165) is 6.42 Å². The molecule has 1 heterocycles. The summed E-state index contributed by atoms with van der Waals surface area (Å²) in [5.74, 6) is -0.172. The second-order valence-corrected chi connectivity index (χ2v) is 3.92. The molecule has 1 aromatic heterocycles. The zero-order chi connectivity index (χ0) is 10.8. The van der Waals surface area contributed by atoms with E-state index >= 15 is 0 Å². The number of carbonyl (C=O) groups is 1. The maximum Gasteiger partial charge on any atom is 0.269 e. The SMILES string of the molecule is Cn1nccc1C(=O)N[C@H]1CC[C@H](F)C1. The molecule has 0 aromatic carbocycles. The lowest BCUT2D eigenvalue weighted by atomic mass is 10.2. The molecule has 0 aliphatic heterocycles. The summed E-state index contributed by atoms with van der Waals surface area (Å²) in [6.45, 7) is 0. The van der Waals surface area contributed by atoms with Crippen LogP contribution in [0.3, 0.4) is 0 Å². The number of hydrogen-bond acceptors (Lipinski definition) is 2. The molecule has 1 amide bonds. The molecular formula is C10H14FN3O. The van der Waals surface area contributed by atoms with Crippen LogP contribution in [0.25, 0.3) is 0 Å². The Bertz CT molecular complexity index is 363. The fourth-order valence-corrected chi connectivity index (χ4v) is 1.91. The molecule has 1 aliphatic rings. The summed E-state index contributed by atoms with van der Waals surface area (Å²) in [4.78, 5) is 11.7. The maximum atomic E-state index is 12.9. The molecule has 2 atom stereocenters. The van der Waals surface area contributed by atoms with Crippen LogP contribution in [0.4, 0.5) is 4.39 Å². The zero-order valence-electron chi connectivity index (χ0n) is 8.61. The van der Waals surface area contributed by atoms with Crippen LogP contribution in [-0.4, -0.2) is 27.9 Å². The van der Waals surface area contributed by atoms with Crippen LogP contribution in [0.5, 0.6) is 0 Å². The highest BCUT2D eigenvalue weighted by molar-refractivity contribution is 5.92. The van der Waals surface area contributed by atoms with E-state index in [-0.39, 0.29) is 11.9 Å². The Kier molecular flexibility index (Phi) is 2.70. The van der Waals surface area contributed by atoms with E-state index in [4.69, 9.17) is 0 Å². The van der Waals surface area contributed by atoms with Gasteiger partial charge in [-0.3, -0.25) is 9.48 Å². The number of rotatable bonds is 2. The van der Waals surface area contributed by atoms with Crippen LogP contribution in [-0.2, 0) is 7.05 Å². The van der Waals surface area contributed by atoms with Crippen LogP contribution in [0.15, 0.2) is 12.3 Å². The number of halogens is 1. The second-order valence-electron chi connectivity index (χ2n) is 3.92. The molecule has 1 fully saturated rings. The molecule has 15 heavy (non-hydrogen) atoms. The first kappa shape index (κ1) is 10.1. The number of aryl methyl sites for hydroxylation is 1. The standard InChI is InChI=1S/C10H14FN3O/c1-14-9(4-5-12-14)10(15)13-8-3-2-7(11)6-8/h4-5,7-8H,2-3,6H2,1H3,(H,13,15)/t7-,8-/m0/s1. The number of nitrogens with zero attached hydrogens (tertiary/aromatic N) is 2. The average Bonchev–Trinajstić information content (AvgIpc) is 2.75. The van der Waals surface area contributed by atoms with E-state index in [1.807, 2.05) is 0 Å². The molecule has 82 valence electrons. The highest BCUT2D eigenvalue weighted by Crippen LogP contribution is 2.21. The minimum Gasteiger partial charge on any atom is -0.348 e. The van der Waals surface area contributed by atoms with Gasteiger partial charge in [-0.05, 0) is 25.3 Å². The Balaban J connectivity index is 1.96. The quantitative estimate of drug-likeness (QED) is 0.794. The predicted molar refractivity (Wildman–Crippen MR) is 53.2 cm³/mol. The smallest absolute Gasteiger partial charge is 0.269 e. The molecule has 1 aromatic rings. The van der Waals surface area contributed by atoms with E-state index in [2.05, 4.69) is 10.4 Å². The van der Waals surface area contributed by atoms with E-state index < -0.39 is 6.17 Å². The monoisotopic (exact) mass is 211 g/mol. The van der Waals surface area contributed by atoms with E-state index in [9.17, 15) is 9.18 Å². The summed E-state index contributed by atoms with van der Waals surface area (Å²) >= 11 is 0. The maximum absolute atomic E-state index is 12.9. The van der Waals surface area contributed by atoms with Gasteiger partial charge in [-0.15, -0.1) is 0 Å². The predicted octanol–water partition coefficient (Wildman–Crippen LogP) is 1.04. The minimum atomic E-state index is -0.762. The summed E-state index contributed by atoms with van der Waals surface area (Å²) in [6.07, 6.45) is 2.52. The van der Waals surface area contributed by atoms with Crippen molar-refractivity contribution in [3.63, 3.8) is 0 Å². The van der Waals surface area contributed by atoms with Gasteiger partial charge < -0.3 is 5.32 Å². The highest BCUT2D eigenvalue weighted by Gasteiger charge is 2.26. The Morgan fingerprint density at radius 2 is 2.47 bits per heavy atom. The third-order valence-corrected chi connectivity index (χ3v) is 2.76. The van der Waals surface area contributed by atoms with Crippen molar-refractivity contribution >= 4 is 5.91 Å². The minimum absolute atomic E-state index is 0.0256. The van der Waals surface area contributed by atoms with Crippen LogP contribution < -0.4 is 5.32 Å². The van der Waals surface area contributed by atoms with Gasteiger partial charge in [-0.2, -0.15) is 5.10 Å². The fraction of sp³-hybridized carbons (Fsp3) is 0.600. The molecule has 1 saturated carbocycles. The lowest BCUT2D eigenvalue weighted by Crippen LogP contribution is -2.34. The van der Waals surface area contributed by atoms with Gasteiger partial charge in [-0.25, -0.2) is 4.39 Å². The highest BCUT2D eigenvalue weighted by atomic mass is 19.1. The van der Waals surface area contributed by atoms with Crippen LogP contribution in [0.1, 0.15) is 29.8 Å². The van der Waals surface area contributed by atoms with Gasteiger partial charge >= 0.3 is 0 Å². The molecule has 0 saturated heterocycles. The lowest BCUT2D eigenvalue weighted by molar-refractivity contribution is 0.0927. The zero-order valence-corrected chi connectivity index (χ0v) is 8.61. The van der Waals surface area contributed by atoms with Gasteiger partial charge in [0.1, 0.15) is 11.9 Å². The third-order valence-electron chi connectivity index (χ3n) is 2.76. The summed E-state index contributed by atoms with van der Waals surface area (Å²) in [7, 11) is 1.71. The van der Waals surface area contributed by atoms with Crippen LogP contribution in [0.2, 0.25) is 0 Å². The van der Waals surface area contributed by atoms with E-state index in [1.165, 1.54) is 4.68 Å². The van der Waals surface area contributed by atoms with E-state index in [1.54, 1.807) is 19.3 Å². The number of nitrogens with one attached hydrogen (secondary N) is 1. The molecular weight excluding hydrogens is 197 g/mol. The van der Waals surface area contributed by atoms with Gasteiger partial charge in [0.05, 0.1) is 0 Å². The average molecular weight is 211 g/mol.